The maximum Gasteiger partial charge on any atom is -0.0242 e. The molecule has 0 aromatic heterocycles. The van der Waals surface area contributed by atoms with Crippen LogP contribution in [-0.2, 0) is 0 Å². The lowest BCUT2D eigenvalue weighted by Crippen LogP contribution is -1.84. The third-order valence-electron chi connectivity index (χ3n) is 6.32. The Kier molecular flexibility index (Phi) is 30.7. The van der Waals surface area contributed by atoms with Crippen LogP contribution < -0.4 is 0 Å². The largest absolute Gasteiger partial charge is 0.0654 e. The minimum absolute atomic E-state index is 1.37. The van der Waals surface area contributed by atoms with Gasteiger partial charge in [0.05, 0.1) is 0 Å². The van der Waals surface area contributed by atoms with E-state index in [1.807, 2.05) is 0 Å². The predicted octanol–water partition coefficient (Wildman–Crippen LogP) is 12.2. The summed E-state index contributed by atoms with van der Waals surface area (Å²) in [5.41, 5.74) is 0. The molecule has 0 saturated carbocycles. The molecule has 0 aliphatic rings. The first-order valence-corrected chi connectivity index (χ1v) is 17.1. The van der Waals surface area contributed by atoms with Crippen LogP contribution in [0.5, 0.6) is 0 Å². The second-order valence-corrected chi connectivity index (χ2v) is 12.7. The average Bonchev–Trinajstić information content (AvgIpc) is 2.76. The number of hydrogen-bond donors (Lipinski definition) is 0. The van der Waals surface area contributed by atoms with Gasteiger partial charge >= 0.3 is 0 Å². The quantitative estimate of drug-likeness (QED) is 0.0851. The Hall–Kier alpha value is 0.860. The van der Waals surface area contributed by atoms with Crippen molar-refractivity contribution in [2.75, 3.05) is 12.3 Å². The molecule has 0 aliphatic heterocycles. The van der Waals surface area contributed by atoms with Gasteiger partial charge in [0.2, 0.25) is 0 Å². The molecule has 0 rings (SSSR count). The van der Waals surface area contributed by atoms with Crippen molar-refractivity contribution in [1.29, 1.82) is 0 Å². The van der Waals surface area contributed by atoms with Gasteiger partial charge < -0.3 is 0 Å². The minimum Gasteiger partial charge on any atom is -0.0654 e. The number of hydrogen-bond acceptors (Lipinski definition) is 0. The normalized spacial score (nSPS) is 12.2. The zero-order chi connectivity index (χ0) is 21.8. The summed E-state index contributed by atoms with van der Waals surface area (Å²) in [7, 11) is 3.42. The summed E-state index contributed by atoms with van der Waals surface area (Å²) in [4.78, 5) is 0. The molecule has 0 spiro atoms. The van der Waals surface area contributed by atoms with Crippen molar-refractivity contribution < 1.29 is 0 Å². The summed E-state index contributed by atoms with van der Waals surface area (Å²) in [6.45, 7) is 4.61. The molecule has 0 saturated heterocycles. The first-order valence-electron chi connectivity index (χ1n) is 14.2. The van der Waals surface area contributed by atoms with Crippen LogP contribution in [0.4, 0.5) is 0 Å². The maximum absolute atomic E-state index is 2.30. The Balaban J connectivity index is 2.97. The molecule has 0 heterocycles. The van der Waals surface area contributed by atoms with Gasteiger partial charge in [-0.2, -0.15) is 0 Å². The van der Waals surface area contributed by atoms with Crippen LogP contribution in [0.3, 0.4) is 0 Å². The van der Waals surface area contributed by atoms with E-state index in [4.69, 9.17) is 0 Å². The van der Waals surface area contributed by atoms with Gasteiger partial charge in [-0.1, -0.05) is 155 Å². The highest BCUT2D eigenvalue weighted by atomic mass is 32.0. The van der Waals surface area contributed by atoms with Crippen molar-refractivity contribution in [2.24, 2.45) is 0 Å². The van der Waals surface area contributed by atoms with E-state index < -0.39 is 0 Å². The van der Waals surface area contributed by atoms with E-state index in [1.54, 1.807) is 16.5 Å². The summed E-state index contributed by atoms with van der Waals surface area (Å²) < 4.78 is 0. The fraction of sp³-hybridized carbons (Fsp3) is 1.00. The molecule has 0 aromatic carbocycles. The molecular formula is C28H58P2. The number of unbranched alkanes of at least 4 members (excludes halogenated alkanes) is 22. The summed E-state index contributed by atoms with van der Waals surface area (Å²) in [5.74, 6) is 0. The Bertz CT molecular complexity index is 252. The van der Waals surface area contributed by atoms with Gasteiger partial charge in [-0.3, -0.25) is 0 Å². The molecule has 0 amide bonds. The zero-order valence-corrected chi connectivity index (χ0v) is 23.1. The highest BCUT2D eigenvalue weighted by molar-refractivity contribution is 8.11. The molecular weight excluding hydrogens is 398 g/mol. The monoisotopic (exact) mass is 456 g/mol. The SMILES string of the molecule is CCCCCCCCCCCCCC[P][P]CCCCCCCCCCCCCC. The summed E-state index contributed by atoms with van der Waals surface area (Å²) in [6, 6.07) is 0. The van der Waals surface area contributed by atoms with Gasteiger partial charge in [-0.05, 0) is 41.7 Å². The molecule has 0 aliphatic carbocycles. The fourth-order valence-corrected chi connectivity index (χ4v) is 6.90. The third kappa shape index (κ3) is 28.9. The van der Waals surface area contributed by atoms with E-state index >= 15 is 0 Å². The fourth-order valence-electron chi connectivity index (χ4n) is 4.19. The maximum atomic E-state index is 2.30. The standard InChI is InChI=1S/C28H58P2/c1-3-5-7-9-11-13-15-17-19-21-23-25-27-29-30-28-26-24-22-20-18-16-14-12-10-8-6-4-2/h3-28H2,1-2H3. The first-order chi connectivity index (χ1) is 14.9. The van der Waals surface area contributed by atoms with Crippen LogP contribution in [0.1, 0.15) is 168 Å². The highest BCUT2D eigenvalue weighted by Gasteiger charge is 1.96. The Morgan fingerprint density at radius 2 is 0.467 bits per heavy atom. The zero-order valence-electron chi connectivity index (χ0n) is 21.3. The van der Waals surface area contributed by atoms with Crippen molar-refractivity contribution in [3.63, 3.8) is 0 Å². The predicted molar refractivity (Wildman–Crippen MR) is 146 cm³/mol. The van der Waals surface area contributed by atoms with Crippen molar-refractivity contribution in [2.45, 2.75) is 168 Å². The van der Waals surface area contributed by atoms with E-state index in [-0.39, 0.29) is 0 Å². The molecule has 0 atom stereocenters. The van der Waals surface area contributed by atoms with Crippen LogP contribution in [0.25, 0.3) is 0 Å². The second kappa shape index (κ2) is 29.9. The van der Waals surface area contributed by atoms with Gasteiger partial charge in [0.15, 0.2) is 0 Å². The molecule has 0 bridgehead atoms. The van der Waals surface area contributed by atoms with E-state index in [1.165, 1.54) is 166 Å². The van der Waals surface area contributed by atoms with Crippen molar-refractivity contribution in [3.05, 3.63) is 0 Å². The van der Waals surface area contributed by atoms with Crippen molar-refractivity contribution in [3.8, 4) is 0 Å². The van der Waals surface area contributed by atoms with Crippen molar-refractivity contribution >= 4 is 16.5 Å². The lowest BCUT2D eigenvalue weighted by atomic mass is 10.1. The molecule has 0 N–H and O–H groups in total. The minimum atomic E-state index is 1.37. The highest BCUT2D eigenvalue weighted by Crippen LogP contribution is 2.38. The van der Waals surface area contributed by atoms with E-state index in [0.717, 1.165) is 0 Å². The van der Waals surface area contributed by atoms with Crippen LogP contribution in [0, 0.1) is 0 Å². The Morgan fingerprint density at radius 3 is 0.700 bits per heavy atom. The Morgan fingerprint density at radius 1 is 0.267 bits per heavy atom. The molecule has 2 heteroatoms. The summed E-state index contributed by atoms with van der Waals surface area (Å²) >= 11 is 0. The van der Waals surface area contributed by atoms with Gasteiger partial charge in [0.1, 0.15) is 0 Å². The number of rotatable bonds is 27. The lowest BCUT2D eigenvalue weighted by Gasteiger charge is -2.04. The van der Waals surface area contributed by atoms with Crippen molar-refractivity contribution in [1.82, 2.24) is 0 Å². The third-order valence-corrected chi connectivity index (χ3v) is 9.36. The molecule has 0 nitrogen and oxygen atoms in total. The van der Waals surface area contributed by atoms with Crippen LogP contribution in [0.15, 0.2) is 0 Å². The van der Waals surface area contributed by atoms with E-state index in [2.05, 4.69) is 13.8 Å². The topological polar surface area (TPSA) is 0 Å². The van der Waals surface area contributed by atoms with Crippen LogP contribution in [-0.4, -0.2) is 12.3 Å². The smallest absolute Gasteiger partial charge is 0.0242 e. The molecule has 180 valence electrons. The van der Waals surface area contributed by atoms with Gasteiger partial charge in [-0.25, -0.2) is 0 Å². The Labute approximate surface area is 196 Å². The molecule has 30 heavy (non-hydrogen) atoms. The molecule has 0 aromatic rings. The first kappa shape index (κ1) is 30.9. The van der Waals surface area contributed by atoms with Crippen LogP contribution in [0.2, 0.25) is 0 Å². The average molecular weight is 457 g/mol. The van der Waals surface area contributed by atoms with Gasteiger partial charge in [0.25, 0.3) is 0 Å². The molecule has 0 unspecified atom stereocenters. The second-order valence-electron chi connectivity index (χ2n) is 9.51. The summed E-state index contributed by atoms with van der Waals surface area (Å²) in [5, 5.41) is 0. The van der Waals surface area contributed by atoms with Gasteiger partial charge in [0, 0.05) is 0 Å². The van der Waals surface area contributed by atoms with Crippen LogP contribution >= 0.6 is 16.5 Å². The van der Waals surface area contributed by atoms with E-state index in [0.29, 0.717) is 0 Å². The lowest BCUT2D eigenvalue weighted by molar-refractivity contribution is 0.548. The van der Waals surface area contributed by atoms with E-state index in [9.17, 15) is 0 Å². The molecule has 2 radical (unpaired) electrons. The van der Waals surface area contributed by atoms with Gasteiger partial charge in [-0.15, -0.1) is 0 Å². The summed E-state index contributed by atoms with van der Waals surface area (Å²) in [6.07, 6.45) is 38.2. The molecule has 0 fully saturated rings.